The van der Waals surface area contributed by atoms with E-state index < -0.39 is 16.2 Å². The maximum Gasteiger partial charge on any atom is 0.401 e. The van der Waals surface area contributed by atoms with E-state index in [2.05, 4.69) is 13.5 Å². The molecule has 0 spiro atoms. The first-order valence-corrected chi connectivity index (χ1v) is 9.33. The number of hydrogen-bond acceptors (Lipinski definition) is 4. The van der Waals surface area contributed by atoms with Crippen molar-refractivity contribution in [2.24, 2.45) is 0 Å². The van der Waals surface area contributed by atoms with Crippen molar-refractivity contribution >= 4 is 10.4 Å². The zero-order valence-corrected chi connectivity index (χ0v) is 14.4. The summed E-state index contributed by atoms with van der Waals surface area (Å²) in [7, 11) is -4.66. The second kappa shape index (κ2) is 9.70. The largest absolute Gasteiger partial charge is 0.457 e. The van der Waals surface area contributed by atoms with Gasteiger partial charge in [-0.15, -0.1) is 0 Å². The molecule has 0 aliphatic carbocycles. The second-order valence-corrected chi connectivity index (χ2v) is 6.48. The fourth-order valence-electron chi connectivity index (χ4n) is 2.31. The fraction of sp³-hybridized carbons (Fsp3) is 0.529. The van der Waals surface area contributed by atoms with Crippen LogP contribution in [0.3, 0.4) is 0 Å². The summed E-state index contributed by atoms with van der Waals surface area (Å²) in [6.45, 7) is 5.77. The lowest BCUT2D eigenvalue weighted by Crippen LogP contribution is -2.39. The number of para-hydroxylation sites is 1. The molecule has 0 aliphatic rings. The van der Waals surface area contributed by atoms with Crippen molar-refractivity contribution in [2.75, 3.05) is 0 Å². The molecule has 0 heterocycles. The van der Waals surface area contributed by atoms with E-state index in [1.165, 1.54) is 18.9 Å². The molecule has 1 rings (SSSR count). The van der Waals surface area contributed by atoms with Crippen LogP contribution < -0.4 is 4.74 Å². The van der Waals surface area contributed by atoms with Crippen LogP contribution in [0.25, 0.3) is 0 Å². The van der Waals surface area contributed by atoms with Gasteiger partial charge in [0.25, 0.3) is 0 Å². The number of rotatable bonds is 12. The molecule has 0 bridgehead atoms. The van der Waals surface area contributed by atoms with Crippen molar-refractivity contribution in [1.82, 2.24) is 0 Å². The lowest BCUT2D eigenvalue weighted by atomic mass is 10.0. The van der Waals surface area contributed by atoms with Gasteiger partial charge in [0.05, 0.1) is 0 Å². The number of benzene rings is 1. The second-order valence-electron chi connectivity index (χ2n) is 5.46. The molecule has 0 aliphatic heterocycles. The van der Waals surface area contributed by atoms with Gasteiger partial charge in [0.1, 0.15) is 5.75 Å². The summed E-state index contributed by atoms with van der Waals surface area (Å²) in [5.74, 6) is -1.15. The maximum atomic E-state index is 11.2. The summed E-state index contributed by atoms with van der Waals surface area (Å²) in [5.41, 5.74) is 0. The lowest BCUT2D eigenvalue weighted by molar-refractivity contribution is -0.0795. The van der Waals surface area contributed by atoms with Crippen molar-refractivity contribution < 1.29 is 21.9 Å². The van der Waals surface area contributed by atoms with Gasteiger partial charge >= 0.3 is 10.4 Å². The molecule has 0 saturated carbocycles. The number of ether oxygens (including phenoxy) is 1. The Balaban J connectivity index is 2.72. The minimum atomic E-state index is -4.66. The van der Waals surface area contributed by atoms with Gasteiger partial charge in [0.2, 0.25) is 5.79 Å². The van der Waals surface area contributed by atoms with Gasteiger partial charge in [-0.05, 0) is 24.6 Å². The highest BCUT2D eigenvalue weighted by molar-refractivity contribution is 7.80. The Morgan fingerprint density at radius 3 is 2.30 bits per heavy atom. The van der Waals surface area contributed by atoms with Gasteiger partial charge in [-0.3, -0.25) is 4.55 Å². The minimum Gasteiger partial charge on any atom is -0.457 e. The van der Waals surface area contributed by atoms with Crippen LogP contribution in [0.4, 0.5) is 0 Å². The Labute approximate surface area is 139 Å². The molecule has 0 aromatic heterocycles. The topological polar surface area (TPSA) is 72.8 Å². The lowest BCUT2D eigenvalue weighted by Gasteiger charge is -2.29. The quantitative estimate of drug-likeness (QED) is 0.262. The molecule has 5 nitrogen and oxygen atoms in total. The molecule has 23 heavy (non-hydrogen) atoms. The van der Waals surface area contributed by atoms with E-state index in [1.807, 2.05) is 6.07 Å². The summed E-state index contributed by atoms with van der Waals surface area (Å²) < 4.78 is 41.9. The fourth-order valence-corrected chi connectivity index (χ4v) is 2.85. The minimum absolute atomic E-state index is 0.289. The highest BCUT2D eigenvalue weighted by Gasteiger charge is 2.35. The molecule has 130 valence electrons. The molecule has 0 saturated heterocycles. The Kier molecular flexibility index (Phi) is 8.30. The normalized spacial score (nSPS) is 14.2. The zero-order valence-electron chi connectivity index (χ0n) is 13.6. The molecule has 1 aromatic rings. The SMILES string of the molecule is C=CC(CCCCCCCC)(Oc1ccccc1)OS(=O)(=O)O. The van der Waals surface area contributed by atoms with Gasteiger partial charge in [-0.1, -0.05) is 63.8 Å². The average Bonchev–Trinajstić information content (AvgIpc) is 2.50. The smallest absolute Gasteiger partial charge is 0.401 e. The van der Waals surface area contributed by atoms with Crippen molar-refractivity contribution in [3.63, 3.8) is 0 Å². The molecule has 1 unspecified atom stereocenters. The van der Waals surface area contributed by atoms with Crippen LogP contribution in [0, 0.1) is 0 Å². The summed E-state index contributed by atoms with van der Waals surface area (Å²) in [5, 5.41) is 0. The third-order valence-corrected chi connectivity index (χ3v) is 3.96. The van der Waals surface area contributed by atoms with Crippen molar-refractivity contribution in [3.8, 4) is 5.75 Å². The number of hydrogen-bond donors (Lipinski definition) is 1. The van der Waals surface area contributed by atoms with Crippen molar-refractivity contribution in [1.29, 1.82) is 0 Å². The molecule has 0 amide bonds. The van der Waals surface area contributed by atoms with Gasteiger partial charge in [-0.2, -0.15) is 12.6 Å². The van der Waals surface area contributed by atoms with Crippen LogP contribution in [0.1, 0.15) is 51.9 Å². The first-order chi connectivity index (χ1) is 10.9. The molecule has 6 heteroatoms. The van der Waals surface area contributed by atoms with Crippen LogP contribution >= 0.6 is 0 Å². The van der Waals surface area contributed by atoms with E-state index in [0.717, 1.165) is 19.3 Å². The third kappa shape index (κ3) is 8.16. The first kappa shape index (κ1) is 19.7. The molecular weight excluding hydrogens is 316 g/mol. The van der Waals surface area contributed by atoms with E-state index in [1.54, 1.807) is 24.3 Å². The summed E-state index contributed by atoms with van der Waals surface area (Å²) >= 11 is 0. The van der Waals surface area contributed by atoms with Crippen LogP contribution in [-0.2, 0) is 14.6 Å². The molecule has 1 N–H and O–H groups in total. The highest BCUT2D eigenvalue weighted by Crippen LogP contribution is 2.28. The summed E-state index contributed by atoms with van der Waals surface area (Å²) in [4.78, 5) is 0. The van der Waals surface area contributed by atoms with E-state index >= 15 is 0 Å². The molecule has 1 atom stereocenters. The molecule has 0 radical (unpaired) electrons. The average molecular weight is 342 g/mol. The highest BCUT2D eigenvalue weighted by atomic mass is 32.3. The first-order valence-electron chi connectivity index (χ1n) is 7.96. The van der Waals surface area contributed by atoms with E-state index in [9.17, 15) is 8.42 Å². The Bertz CT molecular complexity index is 556. The van der Waals surface area contributed by atoms with Gasteiger partial charge in [0.15, 0.2) is 0 Å². The maximum absolute atomic E-state index is 11.2. The van der Waals surface area contributed by atoms with Crippen LogP contribution in [0.2, 0.25) is 0 Å². The number of unbranched alkanes of at least 4 members (excludes halogenated alkanes) is 5. The summed E-state index contributed by atoms with van der Waals surface area (Å²) in [6.07, 6.45) is 7.78. The predicted octanol–water partition coefficient (Wildman–Crippen LogP) is 4.52. The van der Waals surface area contributed by atoms with Crippen molar-refractivity contribution in [2.45, 2.75) is 57.7 Å². The van der Waals surface area contributed by atoms with E-state index in [4.69, 9.17) is 13.5 Å². The zero-order chi connectivity index (χ0) is 17.2. The Morgan fingerprint density at radius 1 is 1.13 bits per heavy atom. The molecule has 0 fully saturated rings. The Hall–Kier alpha value is -1.37. The van der Waals surface area contributed by atoms with Crippen molar-refractivity contribution in [3.05, 3.63) is 43.0 Å². The van der Waals surface area contributed by atoms with E-state index in [-0.39, 0.29) is 6.42 Å². The van der Waals surface area contributed by atoms with Gasteiger partial charge in [0, 0.05) is 6.42 Å². The summed E-state index contributed by atoms with van der Waals surface area (Å²) in [6, 6.07) is 8.72. The van der Waals surface area contributed by atoms with Crippen LogP contribution in [0.5, 0.6) is 5.75 Å². The molecular formula is C17H26O5S. The predicted molar refractivity (Wildman–Crippen MR) is 90.6 cm³/mol. The monoisotopic (exact) mass is 342 g/mol. The third-order valence-electron chi connectivity index (χ3n) is 3.47. The molecule has 1 aromatic carbocycles. The van der Waals surface area contributed by atoms with Gasteiger partial charge in [-0.25, -0.2) is 0 Å². The van der Waals surface area contributed by atoms with Crippen LogP contribution in [0.15, 0.2) is 43.0 Å². The van der Waals surface area contributed by atoms with Crippen LogP contribution in [-0.4, -0.2) is 18.8 Å². The van der Waals surface area contributed by atoms with Gasteiger partial charge < -0.3 is 4.74 Å². The standard InChI is InChI=1S/C17H26O5S/c1-3-5-6-7-8-12-15-17(4-2,22-23(18,19)20)21-16-13-10-9-11-14-16/h4,9-11,13-14H,2-3,5-8,12,15H2,1H3,(H,18,19,20). The van der Waals surface area contributed by atoms with E-state index in [0.29, 0.717) is 12.2 Å². The Morgan fingerprint density at radius 2 is 1.74 bits per heavy atom.